The minimum absolute atomic E-state index is 0.0748. The zero-order chi connectivity index (χ0) is 15.6. The standard InChI is InChI=1S/C14H26N2O4/c1-4-9-14(3,13(19)20)16-12(18)8-6-7-11(17)15-10-5-2/h4-10H2,1-3H3,(H,15,17)(H,16,18)(H,19,20). The summed E-state index contributed by atoms with van der Waals surface area (Å²) in [6, 6.07) is 0. The number of aliphatic carboxylic acids is 1. The Morgan fingerprint density at radius 2 is 1.65 bits per heavy atom. The lowest BCUT2D eigenvalue weighted by Gasteiger charge is -2.25. The molecule has 3 N–H and O–H groups in total. The average Bonchev–Trinajstić information content (AvgIpc) is 2.36. The topological polar surface area (TPSA) is 95.5 Å². The van der Waals surface area contributed by atoms with E-state index < -0.39 is 11.5 Å². The smallest absolute Gasteiger partial charge is 0.329 e. The van der Waals surface area contributed by atoms with Crippen molar-refractivity contribution in [3.05, 3.63) is 0 Å². The molecular formula is C14H26N2O4. The van der Waals surface area contributed by atoms with Gasteiger partial charge in [0.1, 0.15) is 5.54 Å². The number of hydrogen-bond donors (Lipinski definition) is 3. The molecule has 6 heteroatoms. The fourth-order valence-corrected chi connectivity index (χ4v) is 1.86. The third-order valence-corrected chi connectivity index (χ3v) is 3.02. The Labute approximate surface area is 120 Å². The van der Waals surface area contributed by atoms with Gasteiger partial charge in [0, 0.05) is 19.4 Å². The van der Waals surface area contributed by atoms with Crippen LogP contribution in [-0.4, -0.2) is 35.0 Å². The van der Waals surface area contributed by atoms with Gasteiger partial charge in [0.25, 0.3) is 0 Å². The Bertz CT molecular complexity index is 344. The van der Waals surface area contributed by atoms with E-state index in [1.54, 1.807) is 0 Å². The zero-order valence-electron chi connectivity index (χ0n) is 12.6. The summed E-state index contributed by atoms with van der Waals surface area (Å²) in [6.45, 7) is 5.98. The van der Waals surface area contributed by atoms with E-state index >= 15 is 0 Å². The highest BCUT2D eigenvalue weighted by atomic mass is 16.4. The average molecular weight is 286 g/mol. The van der Waals surface area contributed by atoms with Crippen LogP contribution >= 0.6 is 0 Å². The monoisotopic (exact) mass is 286 g/mol. The fourth-order valence-electron chi connectivity index (χ4n) is 1.86. The summed E-state index contributed by atoms with van der Waals surface area (Å²) in [7, 11) is 0. The second kappa shape index (κ2) is 9.34. The highest BCUT2D eigenvalue weighted by molar-refractivity contribution is 5.86. The van der Waals surface area contributed by atoms with Crippen molar-refractivity contribution in [1.29, 1.82) is 0 Å². The molecule has 0 aliphatic carbocycles. The fraction of sp³-hybridized carbons (Fsp3) is 0.786. The van der Waals surface area contributed by atoms with Crippen LogP contribution in [0.25, 0.3) is 0 Å². The molecule has 0 bridgehead atoms. The lowest BCUT2D eigenvalue weighted by atomic mass is 9.96. The molecule has 0 aromatic carbocycles. The van der Waals surface area contributed by atoms with Crippen LogP contribution in [0.5, 0.6) is 0 Å². The van der Waals surface area contributed by atoms with Gasteiger partial charge in [-0.2, -0.15) is 0 Å². The summed E-state index contributed by atoms with van der Waals surface area (Å²) in [4.78, 5) is 34.2. The Balaban J connectivity index is 4.09. The van der Waals surface area contributed by atoms with E-state index in [1.165, 1.54) is 6.92 Å². The summed E-state index contributed by atoms with van der Waals surface area (Å²) < 4.78 is 0. The molecule has 116 valence electrons. The molecule has 0 heterocycles. The van der Waals surface area contributed by atoms with Gasteiger partial charge in [-0.25, -0.2) is 4.79 Å². The molecule has 0 aliphatic rings. The van der Waals surface area contributed by atoms with Crippen LogP contribution in [0.4, 0.5) is 0 Å². The molecule has 1 unspecified atom stereocenters. The van der Waals surface area contributed by atoms with Crippen LogP contribution in [0.3, 0.4) is 0 Å². The van der Waals surface area contributed by atoms with E-state index in [9.17, 15) is 14.4 Å². The number of hydrogen-bond acceptors (Lipinski definition) is 3. The minimum atomic E-state index is -1.23. The van der Waals surface area contributed by atoms with Gasteiger partial charge < -0.3 is 15.7 Å². The number of carboxylic acids is 1. The van der Waals surface area contributed by atoms with Gasteiger partial charge in [0.15, 0.2) is 0 Å². The number of carbonyl (C=O) groups is 3. The number of nitrogens with one attached hydrogen (secondary N) is 2. The molecule has 0 aromatic rings. The molecule has 6 nitrogen and oxygen atoms in total. The van der Waals surface area contributed by atoms with Crippen molar-refractivity contribution in [2.24, 2.45) is 0 Å². The van der Waals surface area contributed by atoms with E-state index in [2.05, 4.69) is 10.6 Å². The molecule has 1 atom stereocenters. The quantitative estimate of drug-likeness (QED) is 0.566. The summed E-state index contributed by atoms with van der Waals surface area (Å²) in [6.07, 6.45) is 2.79. The lowest BCUT2D eigenvalue weighted by Crippen LogP contribution is -2.52. The van der Waals surface area contributed by atoms with Gasteiger partial charge in [0.2, 0.25) is 11.8 Å². The highest BCUT2D eigenvalue weighted by Gasteiger charge is 2.33. The molecular weight excluding hydrogens is 260 g/mol. The van der Waals surface area contributed by atoms with Crippen molar-refractivity contribution in [2.75, 3.05) is 6.54 Å². The Kier molecular flexibility index (Phi) is 8.59. The maximum atomic E-state index is 11.7. The van der Waals surface area contributed by atoms with Crippen molar-refractivity contribution in [3.8, 4) is 0 Å². The predicted molar refractivity (Wildman–Crippen MR) is 76.2 cm³/mol. The second-order valence-corrected chi connectivity index (χ2v) is 5.14. The van der Waals surface area contributed by atoms with Gasteiger partial charge in [-0.1, -0.05) is 20.3 Å². The van der Waals surface area contributed by atoms with Crippen molar-refractivity contribution in [3.63, 3.8) is 0 Å². The lowest BCUT2D eigenvalue weighted by molar-refractivity contribution is -0.147. The van der Waals surface area contributed by atoms with Crippen molar-refractivity contribution in [1.82, 2.24) is 10.6 Å². The first kappa shape index (κ1) is 18.4. The summed E-state index contributed by atoms with van der Waals surface area (Å²) in [5, 5.41) is 14.4. The second-order valence-electron chi connectivity index (χ2n) is 5.14. The van der Waals surface area contributed by atoms with Gasteiger partial charge in [-0.05, 0) is 26.2 Å². The van der Waals surface area contributed by atoms with Crippen molar-refractivity contribution >= 4 is 17.8 Å². The molecule has 0 saturated carbocycles. The molecule has 0 fully saturated rings. The molecule has 0 radical (unpaired) electrons. The van der Waals surface area contributed by atoms with Gasteiger partial charge in [-0.15, -0.1) is 0 Å². The number of amides is 2. The Morgan fingerprint density at radius 1 is 1.05 bits per heavy atom. The van der Waals surface area contributed by atoms with Crippen LogP contribution in [-0.2, 0) is 14.4 Å². The van der Waals surface area contributed by atoms with E-state index in [-0.39, 0.29) is 24.7 Å². The SMILES string of the molecule is CCCNC(=O)CCCC(=O)NC(C)(CCC)C(=O)O. The summed E-state index contributed by atoms with van der Waals surface area (Å²) >= 11 is 0. The molecule has 0 spiro atoms. The maximum Gasteiger partial charge on any atom is 0.329 e. The summed E-state index contributed by atoms with van der Waals surface area (Å²) in [5.41, 5.74) is -1.23. The van der Waals surface area contributed by atoms with Crippen LogP contribution < -0.4 is 10.6 Å². The third-order valence-electron chi connectivity index (χ3n) is 3.02. The van der Waals surface area contributed by atoms with Crippen LogP contribution in [0.15, 0.2) is 0 Å². The van der Waals surface area contributed by atoms with Gasteiger partial charge in [-0.3, -0.25) is 9.59 Å². The summed E-state index contributed by atoms with van der Waals surface area (Å²) in [5.74, 6) is -1.44. The zero-order valence-corrected chi connectivity index (χ0v) is 12.6. The normalized spacial score (nSPS) is 13.3. The van der Waals surface area contributed by atoms with Crippen LogP contribution in [0.2, 0.25) is 0 Å². The van der Waals surface area contributed by atoms with Crippen molar-refractivity contribution in [2.45, 2.75) is 64.8 Å². The van der Waals surface area contributed by atoms with Crippen LogP contribution in [0, 0.1) is 0 Å². The maximum absolute atomic E-state index is 11.7. The van der Waals surface area contributed by atoms with Crippen LogP contribution in [0.1, 0.15) is 59.3 Å². The molecule has 0 aromatic heterocycles. The third kappa shape index (κ3) is 7.11. The van der Waals surface area contributed by atoms with E-state index in [0.717, 1.165) is 6.42 Å². The number of rotatable bonds is 10. The Hall–Kier alpha value is -1.59. The largest absolute Gasteiger partial charge is 0.480 e. The van der Waals surface area contributed by atoms with E-state index in [0.29, 0.717) is 25.8 Å². The molecule has 2 amide bonds. The molecule has 0 saturated heterocycles. The first-order chi connectivity index (χ1) is 9.35. The molecule has 20 heavy (non-hydrogen) atoms. The van der Waals surface area contributed by atoms with Gasteiger partial charge in [0.05, 0.1) is 0 Å². The number of carbonyl (C=O) groups excluding carboxylic acids is 2. The van der Waals surface area contributed by atoms with E-state index in [4.69, 9.17) is 5.11 Å². The molecule has 0 aliphatic heterocycles. The van der Waals surface area contributed by atoms with E-state index in [1.807, 2.05) is 13.8 Å². The highest BCUT2D eigenvalue weighted by Crippen LogP contribution is 2.13. The first-order valence-corrected chi connectivity index (χ1v) is 7.16. The number of carboxylic acid groups (broad SMARTS) is 1. The Morgan fingerprint density at radius 3 is 2.15 bits per heavy atom. The first-order valence-electron chi connectivity index (χ1n) is 7.16. The van der Waals surface area contributed by atoms with Gasteiger partial charge >= 0.3 is 5.97 Å². The predicted octanol–water partition coefficient (Wildman–Crippen LogP) is 1.44. The molecule has 0 rings (SSSR count). The van der Waals surface area contributed by atoms with Crippen molar-refractivity contribution < 1.29 is 19.5 Å². The minimum Gasteiger partial charge on any atom is -0.480 e.